The molecule has 0 bridgehead atoms. The minimum atomic E-state index is -4.52. The quantitative estimate of drug-likeness (QED) is 0.847. The summed E-state index contributed by atoms with van der Waals surface area (Å²) in [4.78, 5) is 0. The van der Waals surface area contributed by atoms with Gasteiger partial charge in [-0.2, -0.15) is 13.2 Å². The lowest BCUT2D eigenvalue weighted by Gasteiger charge is -2.03. The number of benzene rings is 1. The van der Waals surface area contributed by atoms with E-state index in [4.69, 9.17) is 10.5 Å². The molecule has 0 unspecified atom stereocenters. The minimum absolute atomic E-state index is 0.195. The summed E-state index contributed by atoms with van der Waals surface area (Å²) < 4.78 is 42.7. The van der Waals surface area contributed by atoms with Gasteiger partial charge in [0.15, 0.2) is 0 Å². The van der Waals surface area contributed by atoms with Gasteiger partial charge in [0, 0.05) is 16.2 Å². The molecule has 1 aromatic carbocycles. The minimum Gasteiger partial charge on any atom is -0.430 e. The second-order valence-electron chi connectivity index (χ2n) is 3.19. The molecular formula is C9H5BrF3N3OS. The fourth-order valence-electron chi connectivity index (χ4n) is 1.11. The highest BCUT2D eigenvalue weighted by molar-refractivity contribution is 9.10. The lowest BCUT2D eigenvalue weighted by molar-refractivity contribution is -0.138. The Morgan fingerprint density at radius 2 is 1.94 bits per heavy atom. The van der Waals surface area contributed by atoms with Gasteiger partial charge in [0.05, 0.1) is 0 Å². The van der Waals surface area contributed by atoms with Crippen LogP contribution in [0.15, 0.2) is 22.7 Å². The zero-order valence-corrected chi connectivity index (χ0v) is 10.9. The van der Waals surface area contributed by atoms with Crippen LogP contribution in [0.5, 0.6) is 10.9 Å². The van der Waals surface area contributed by atoms with Crippen LogP contribution in [-0.4, -0.2) is 10.2 Å². The van der Waals surface area contributed by atoms with Crippen molar-refractivity contribution in [2.24, 2.45) is 0 Å². The maximum absolute atomic E-state index is 12.3. The van der Waals surface area contributed by atoms with Crippen molar-refractivity contribution in [2.75, 3.05) is 5.73 Å². The van der Waals surface area contributed by atoms with Crippen molar-refractivity contribution in [2.45, 2.75) is 6.18 Å². The van der Waals surface area contributed by atoms with Gasteiger partial charge in [0.25, 0.3) is 5.19 Å². The van der Waals surface area contributed by atoms with Crippen molar-refractivity contribution in [3.05, 3.63) is 27.7 Å². The van der Waals surface area contributed by atoms with E-state index in [-0.39, 0.29) is 10.9 Å². The van der Waals surface area contributed by atoms with Crippen LogP contribution in [-0.2, 0) is 6.18 Å². The topological polar surface area (TPSA) is 61.0 Å². The maximum Gasteiger partial charge on any atom is 0.445 e. The van der Waals surface area contributed by atoms with Crippen LogP contribution >= 0.6 is 27.3 Å². The SMILES string of the molecule is Nc1cc(Br)cc(Oc2nnc(C(F)(F)F)s2)c1. The molecule has 0 atom stereocenters. The molecule has 2 rings (SSSR count). The Balaban J connectivity index is 2.21. The summed E-state index contributed by atoms with van der Waals surface area (Å²) in [6, 6.07) is 4.67. The average Bonchev–Trinajstić information content (AvgIpc) is 2.63. The third-order valence-electron chi connectivity index (χ3n) is 1.75. The van der Waals surface area contributed by atoms with E-state index in [1.807, 2.05) is 0 Å². The smallest absolute Gasteiger partial charge is 0.430 e. The van der Waals surface area contributed by atoms with Crippen LogP contribution in [0.25, 0.3) is 0 Å². The van der Waals surface area contributed by atoms with Crippen molar-refractivity contribution < 1.29 is 17.9 Å². The van der Waals surface area contributed by atoms with E-state index in [0.29, 0.717) is 21.5 Å². The van der Waals surface area contributed by atoms with Crippen molar-refractivity contribution in [1.82, 2.24) is 10.2 Å². The second-order valence-corrected chi connectivity index (χ2v) is 5.05. The van der Waals surface area contributed by atoms with E-state index in [9.17, 15) is 13.2 Å². The highest BCUT2D eigenvalue weighted by Gasteiger charge is 2.36. The molecule has 0 spiro atoms. The number of nitrogens with two attached hydrogens (primary N) is 1. The molecule has 0 radical (unpaired) electrons. The van der Waals surface area contributed by atoms with E-state index >= 15 is 0 Å². The van der Waals surface area contributed by atoms with Crippen molar-refractivity contribution in [3.63, 3.8) is 0 Å². The third-order valence-corrected chi connectivity index (χ3v) is 3.05. The molecule has 0 saturated carbocycles. The molecular weight excluding hydrogens is 335 g/mol. The summed E-state index contributed by atoms with van der Waals surface area (Å²) in [6.45, 7) is 0. The predicted octanol–water partition coefficient (Wildman–Crippen LogP) is 3.69. The van der Waals surface area contributed by atoms with E-state index < -0.39 is 11.2 Å². The van der Waals surface area contributed by atoms with Gasteiger partial charge >= 0.3 is 6.18 Å². The van der Waals surface area contributed by atoms with Crippen molar-refractivity contribution in [3.8, 4) is 10.9 Å². The number of anilines is 1. The van der Waals surface area contributed by atoms with E-state index in [2.05, 4.69) is 26.1 Å². The number of hydrogen-bond donors (Lipinski definition) is 1. The highest BCUT2D eigenvalue weighted by atomic mass is 79.9. The fraction of sp³-hybridized carbons (Fsp3) is 0.111. The first-order valence-electron chi connectivity index (χ1n) is 4.49. The molecule has 4 nitrogen and oxygen atoms in total. The van der Waals surface area contributed by atoms with Crippen LogP contribution in [0.4, 0.5) is 18.9 Å². The molecule has 96 valence electrons. The number of nitrogen functional groups attached to an aromatic ring is 1. The standard InChI is InChI=1S/C9H5BrF3N3OS/c10-4-1-5(14)3-6(2-4)17-8-16-15-7(18-8)9(11,12)13/h1-3H,14H2. The van der Waals surface area contributed by atoms with Gasteiger partial charge in [-0.3, -0.25) is 0 Å². The molecule has 2 N–H and O–H groups in total. The summed E-state index contributed by atoms with van der Waals surface area (Å²) in [5, 5.41) is 5.06. The molecule has 18 heavy (non-hydrogen) atoms. The zero-order valence-electron chi connectivity index (χ0n) is 8.53. The van der Waals surface area contributed by atoms with Crippen LogP contribution in [0, 0.1) is 0 Å². The Bertz CT molecular complexity index is 552. The molecule has 1 heterocycles. The van der Waals surface area contributed by atoms with Crippen LogP contribution in [0.1, 0.15) is 5.01 Å². The Morgan fingerprint density at radius 3 is 2.50 bits per heavy atom. The van der Waals surface area contributed by atoms with Gasteiger partial charge in [-0.25, -0.2) is 0 Å². The number of aromatic nitrogens is 2. The largest absolute Gasteiger partial charge is 0.445 e. The average molecular weight is 340 g/mol. The van der Waals surface area contributed by atoms with Gasteiger partial charge < -0.3 is 10.5 Å². The Kier molecular flexibility index (Phi) is 3.44. The summed E-state index contributed by atoms with van der Waals surface area (Å²) in [7, 11) is 0. The number of ether oxygens (including phenoxy) is 1. The highest BCUT2D eigenvalue weighted by Crippen LogP contribution is 2.36. The fourth-order valence-corrected chi connectivity index (χ4v) is 2.18. The maximum atomic E-state index is 12.3. The molecule has 2 aromatic rings. The van der Waals surface area contributed by atoms with Gasteiger partial charge in [-0.1, -0.05) is 32.4 Å². The number of rotatable bonds is 2. The Morgan fingerprint density at radius 1 is 1.22 bits per heavy atom. The molecule has 0 aliphatic heterocycles. The lowest BCUT2D eigenvalue weighted by Crippen LogP contribution is -2.03. The molecule has 0 aliphatic carbocycles. The van der Waals surface area contributed by atoms with Crippen molar-refractivity contribution in [1.29, 1.82) is 0 Å². The Labute approximate surface area is 112 Å². The monoisotopic (exact) mass is 339 g/mol. The van der Waals surface area contributed by atoms with Gasteiger partial charge in [-0.05, 0) is 12.1 Å². The summed E-state index contributed by atoms with van der Waals surface area (Å²) in [5.74, 6) is 0.284. The molecule has 0 saturated heterocycles. The number of nitrogens with zero attached hydrogens (tertiary/aromatic N) is 2. The molecule has 9 heteroatoms. The number of alkyl halides is 3. The van der Waals surface area contributed by atoms with E-state index in [0.717, 1.165) is 0 Å². The van der Waals surface area contributed by atoms with Gasteiger partial charge in [0.1, 0.15) is 5.75 Å². The van der Waals surface area contributed by atoms with E-state index in [1.54, 1.807) is 12.1 Å². The molecule has 0 amide bonds. The van der Waals surface area contributed by atoms with Gasteiger partial charge in [-0.15, -0.1) is 5.10 Å². The first kappa shape index (κ1) is 13.1. The van der Waals surface area contributed by atoms with Gasteiger partial charge in [0.2, 0.25) is 5.01 Å². The number of hydrogen-bond acceptors (Lipinski definition) is 5. The molecule has 0 fully saturated rings. The number of halogens is 4. The predicted molar refractivity (Wildman–Crippen MR) is 63.5 cm³/mol. The lowest BCUT2D eigenvalue weighted by atomic mass is 10.3. The summed E-state index contributed by atoms with van der Waals surface area (Å²) >= 11 is 3.51. The van der Waals surface area contributed by atoms with E-state index in [1.165, 1.54) is 6.07 Å². The Hall–Kier alpha value is -1.35. The second kappa shape index (κ2) is 4.73. The summed E-state index contributed by atoms with van der Waals surface area (Å²) in [5.41, 5.74) is 5.98. The van der Waals surface area contributed by atoms with Crippen molar-refractivity contribution >= 4 is 33.0 Å². The van der Waals surface area contributed by atoms with Crippen LogP contribution < -0.4 is 10.5 Å². The zero-order chi connectivity index (χ0) is 13.3. The summed E-state index contributed by atoms with van der Waals surface area (Å²) in [6.07, 6.45) is -4.52. The van der Waals surface area contributed by atoms with Crippen LogP contribution in [0.2, 0.25) is 0 Å². The first-order valence-corrected chi connectivity index (χ1v) is 6.10. The van der Waals surface area contributed by atoms with Crippen LogP contribution in [0.3, 0.4) is 0 Å². The normalized spacial score (nSPS) is 11.6. The third kappa shape index (κ3) is 3.10. The first-order chi connectivity index (χ1) is 8.34. The molecule has 0 aliphatic rings. The molecule has 1 aromatic heterocycles.